The third-order valence-corrected chi connectivity index (χ3v) is 3.21. The quantitative estimate of drug-likeness (QED) is 0.836. The van der Waals surface area contributed by atoms with Crippen LogP contribution in [-0.2, 0) is 16.1 Å². The molecule has 0 radical (unpaired) electrons. The van der Waals surface area contributed by atoms with Gasteiger partial charge in [-0.1, -0.05) is 12.1 Å². The van der Waals surface area contributed by atoms with Gasteiger partial charge in [0, 0.05) is 11.1 Å². The summed E-state index contributed by atoms with van der Waals surface area (Å²) in [6.45, 7) is 3.32. The van der Waals surface area contributed by atoms with Crippen LogP contribution in [0.2, 0.25) is 0 Å². The molecule has 0 saturated heterocycles. The fourth-order valence-electron chi connectivity index (χ4n) is 1.95. The lowest BCUT2D eigenvalue weighted by Gasteiger charge is -2.15. The first-order chi connectivity index (χ1) is 8.91. The molecule has 0 aromatic heterocycles. The van der Waals surface area contributed by atoms with Gasteiger partial charge in [0.1, 0.15) is 0 Å². The molecular weight excluding hydrogens is 246 g/mol. The van der Waals surface area contributed by atoms with Gasteiger partial charge in [0.25, 0.3) is 11.8 Å². The maximum atomic E-state index is 11.9. The van der Waals surface area contributed by atoms with E-state index in [1.54, 1.807) is 26.0 Å². The van der Waals surface area contributed by atoms with E-state index in [-0.39, 0.29) is 23.9 Å². The topological polar surface area (TPSA) is 74.7 Å². The summed E-state index contributed by atoms with van der Waals surface area (Å²) in [6.07, 6.45) is 0. The van der Waals surface area contributed by atoms with Crippen LogP contribution in [0, 0.1) is 0 Å². The van der Waals surface area contributed by atoms with Gasteiger partial charge in [-0.15, -0.1) is 0 Å². The number of hydrogen-bond donors (Lipinski definition) is 1. The minimum Gasteiger partial charge on any atom is -0.478 e. The summed E-state index contributed by atoms with van der Waals surface area (Å²) in [7, 11) is 0. The van der Waals surface area contributed by atoms with Gasteiger partial charge in [-0.3, -0.25) is 14.5 Å². The van der Waals surface area contributed by atoms with Crippen molar-refractivity contribution in [3.63, 3.8) is 0 Å². The second-order valence-corrected chi connectivity index (χ2v) is 4.45. The number of aromatic carboxylic acids is 1. The standard InChI is InChI=1S/C14H13NO4/c1-8-9(2)13(17)15(12(8)16)7-10-4-3-5-11(6-10)14(18)19/h3-6H,7H2,1-2H3,(H,18,19). The predicted molar refractivity (Wildman–Crippen MR) is 67.3 cm³/mol. The molecule has 19 heavy (non-hydrogen) atoms. The number of amides is 2. The van der Waals surface area contributed by atoms with E-state index in [1.807, 2.05) is 0 Å². The molecule has 1 aliphatic rings. The summed E-state index contributed by atoms with van der Waals surface area (Å²) in [6, 6.07) is 6.22. The molecule has 1 N–H and O–H groups in total. The summed E-state index contributed by atoms with van der Waals surface area (Å²) < 4.78 is 0. The highest BCUT2D eigenvalue weighted by Crippen LogP contribution is 2.22. The van der Waals surface area contributed by atoms with Gasteiger partial charge in [-0.25, -0.2) is 4.79 Å². The normalized spacial score (nSPS) is 15.4. The van der Waals surface area contributed by atoms with Crippen LogP contribution in [0.15, 0.2) is 35.4 Å². The Morgan fingerprint density at radius 1 is 1.16 bits per heavy atom. The summed E-state index contributed by atoms with van der Waals surface area (Å²) >= 11 is 0. The Morgan fingerprint density at radius 3 is 2.26 bits per heavy atom. The van der Waals surface area contributed by atoms with Crippen molar-refractivity contribution in [3.8, 4) is 0 Å². The molecule has 0 atom stereocenters. The third-order valence-electron chi connectivity index (χ3n) is 3.21. The third kappa shape index (κ3) is 2.27. The smallest absolute Gasteiger partial charge is 0.335 e. The molecule has 5 heteroatoms. The van der Waals surface area contributed by atoms with E-state index in [4.69, 9.17) is 5.11 Å². The molecule has 0 saturated carbocycles. The number of carboxylic acids is 1. The molecule has 5 nitrogen and oxygen atoms in total. The molecule has 2 rings (SSSR count). The van der Waals surface area contributed by atoms with Crippen molar-refractivity contribution in [2.24, 2.45) is 0 Å². The molecule has 1 aromatic carbocycles. The number of nitrogens with zero attached hydrogens (tertiary/aromatic N) is 1. The zero-order valence-electron chi connectivity index (χ0n) is 10.6. The number of carbonyl (C=O) groups is 3. The van der Waals surface area contributed by atoms with Gasteiger partial charge in [-0.05, 0) is 31.5 Å². The second-order valence-electron chi connectivity index (χ2n) is 4.45. The largest absolute Gasteiger partial charge is 0.478 e. The number of rotatable bonds is 3. The molecule has 98 valence electrons. The molecule has 1 heterocycles. The van der Waals surface area contributed by atoms with Crippen molar-refractivity contribution in [1.29, 1.82) is 0 Å². The SMILES string of the molecule is CC1=C(C)C(=O)N(Cc2cccc(C(=O)O)c2)C1=O. The Labute approximate surface area is 110 Å². The predicted octanol–water partition coefficient (Wildman–Crippen LogP) is 1.59. The molecular formula is C14H13NO4. The highest BCUT2D eigenvalue weighted by molar-refractivity contribution is 6.18. The summed E-state index contributed by atoms with van der Waals surface area (Å²) in [5, 5.41) is 8.90. The second kappa shape index (κ2) is 4.68. The zero-order valence-corrected chi connectivity index (χ0v) is 10.6. The maximum Gasteiger partial charge on any atom is 0.335 e. The van der Waals surface area contributed by atoms with Gasteiger partial charge < -0.3 is 5.11 Å². The van der Waals surface area contributed by atoms with Gasteiger partial charge in [0.15, 0.2) is 0 Å². The summed E-state index contributed by atoms with van der Waals surface area (Å²) in [5.74, 6) is -1.67. The minimum atomic E-state index is -1.04. The van der Waals surface area contributed by atoms with Gasteiger partial charge in [0.05, 0.1) is 12.1 Å². The van der Waals surface area contributed by atoms with Crippen LogP contribution < -0.4 is 0 Å². The van der Waals surface area contributed by atoms with Crippen molar-refractivity contribution in [3.05, 3.63) is 46.5 Å². The molecule has 2 amide bonds. The van der Waals surface area contributed by atoms with Crippen molar-refractivity contribution in [1.82, 2.24) is 4.90 Å². The maximum absolute atomic E-state index is 11.9. The van der Waals surface area contributed by atoms with Crippen molar-refractivity contribution >= 4 is 17.8 Å². The van der Waals surface area contributed by atoms with E-state index in [2.05, 4.69) is 0 Å². The lowest BCUT2D eigenvalue weighted by Crippen LogP contribution is -2.30. The number of carboxylic acid groups (broad SMARTS) is 1. The Bertz CT molecular complexity index is 592. The van der Waals surface area contributed by atoms with E-state index >= 15 is 0 Å². The summed E-state index contributed by atoms with van der Waals surface area (Å²) in [4.78, 5) is 35.8. The van der Waals surface area contributed by atoms with Crippen LogP contribution in [0.1, 0.15) is 29.8 Å². The highest BCUT2D eigenvalue weighted by Gasteiger charge is 2.33. The first-order valence-corrected chi connectivity index (χ1v) is 5.77. The molecule has 0 unspecified atom stereocenters. The summed E-state index contributed by atoms with van der Waals surface area (Å²) in [5.41, 5.74) is 1.64. The Balaban J connectivity index is 2.24. The fraction of sp³-hybridized carbons (Fsp3) is 0.214. The number of hydrogen-bond acceptors (Lipinski definition) is 3. The van der Waals surface area contributed by atoms with Crippen molar-refractivity contribution in [2.75, 3.05) is 0 Å². The van der Waals surface area contributed by atoms with Crippen LogP contribution in [0.25, 0.3) is 0 Å². The lowest BCUT2D eigenvalue weighted by atomic mass is 10.1. The molecule has 0 spiro atoms. The number of benzene rings is 1. The first kappa shape index (κ1) is 13.0. The minimum absolute atomic E-state index is 0.0907. The van der Waals surface area contributed by atoms with Gasteiger partial charge in [-0.2, -0.15) is 0 Å². The van der Waals surface area contributed by atoms with Crippen LogP contribution >= 0.6 is 0 Å². The van der Waals surface area contributed by atoms with Crippen molar-refractivity contribution < 1.29 is 19.5 Å². The van der Waals surface area contributed by atoms with Crippen LogP contribution in [0.3, 0.4) is 0 Å². The van der Waals surface area contributed by atoms with E-state index in [0.29, 0.717) is 16.7 Å². The van der Waals surface area contributed by atoms with Crippen molar-refractivity contribution in [2.45, 2.75) is 20.4 Å². The number of carbonyl (C=O) groups excluding carboxylic acids is 2. The molecule has 1 aliphatic heterocycles. The Kier molecular flexibility index (Phi) is 3.21. The molecule has 1 aromatic rings. The van der Waals surface area contributed by atoms with Crippen LogP contribution in [-0.4, -0.2) is 27.8 Å². The number of imide groups is 1. The Morgan fingerprint density at radius 2 is 1.74 bits per heavy atom. The van der Waals surface area contributed by atoms with E-state index in [1.165, 1.54) is 12.1 Å². The average Bonchev–Trinajstić information content (AvgIpc) is 2.57. The molecule has 0 fully saturated rings. The van der Waals surface area contributed by atoms with Crippen LogP contribution in [0.5, 0.6) is 0 Å². The molecule has 0 aliphatic carbocycles. The average molecular weight is 259 g/mol. The molecule has 0 bridgehead atoms. The highest BCUT2D eigenvalue weighted by atomic mass is 16.4. The van der Waals surface area contributed by atoms with Gasteiger partial charge in [0.2, 0.25) is 0 Å². The first-order valence-electron chi connectivity index (χ1n) is 5.77. The zero-order chi connectivity index (χ0) is 14.2. The van der Waals surface area contributed by atoms with Gasteiger partial charge >= 0.3 is 5.97 Å². The monoisotopic (exact) mass is 259 g/mol. The Hall–Kier alpha value is -2.43. The lowest BCUT2D eigenvalue weighted by molar-refractivity contribution is -0.138. The van der Waals surface area contributed by atoms with E-state index in [9.17, 15) is 14.4 Å². The fourth-order valence-corrected chi connectivity index (χ4v) is 1.95. The van der Waals surface area contributed by atoms with E-state index in [0.717, 1.165) is 4.90 Å². The van der Waals surface area contributed by atoms with E-state index < -0.39 is 5.97 Å². The van der Waals surface area contributed by atoms with Crippen LogP contribution in [0.4, 0.5) is 0 Å².